The Morgan fingerprint density at radius 3 is 3.17 bits per heavy atom. The molecule has 1 heterocycles. The number of benzene rings is 1. The van der Waals surface area contributed by atoms with Crippen molar-refractivity contribution < 1.29 is 4.74 Å². The van der Waals surface area contributed by atoms with Crippen molar-refractivity contribution in [2.45, 2.75) is 12.8 Å². The molecule has 0 saturated carbocycles. The third kappa shape index (κ3) is 1.58. The zero-order valence-corrected chi connectivity index (χ0v) is 9.00. The summed E-state index contributed by atoms with van der Waals surface area (Å²) in [5.41, 5.74) is 2.82. The fourth-order valence-electron chi connectivity index (χ4n) is 1.50. The molecule has 0 unspecified atom stereocenters. The molecule has 0 bridgehead atoms. The molecular weight excluding hydrogens is 263 g/mol. The molecular formula is C10H11IO. The van der Waals surface area contributed by atoms with Crippen molar-refractivity contribution in [3.63, 3.8) is 0 Å². The second-order valence-corrected chi connectivity index (χ2v) is 4.06. The van der Waals surface area contributed by atoms with Gasteiger partial charge in [-0.25, -0.2) is 0 Å². The fraction of sp³-hybridized carbons (Fsp3) is 0.400. The van der Waals surface area contributed by atoms with Gasteiger partial charge < -0.3 is 4.74 Å². The zero-order valence-electron chi connectivity index (χ0n) is 6.85. The maximum absolute atomic E-state index is 5.43. The molecule has 0 saturated heterocycles. The third-order valence-electron chi connectivity index (χ3n) is 2.14. The highest BCUT2D eigenvalue weighted by atomic mass is 127. The van der Waals surface area contributed by atoms with Gasteiger partial charge >= 0.3 is 0 Å². The number of rotatable bonds is 2. The van der Waals surface area contributed by atoms with E-state index in [1.54, 1.807) is 0 Å². The van der Waals surface area contributed by atoms with Crippen molar-refractivity contribution in [1.29, 1.82) is 0 Å². The summed E-state index contributed by atoms with van der Waals surface area (Å²) in [6, 6.07) is 6.55. The molecule has 0 aliphatic carbocycles. The molecule has 1 nitrogen and oxygen atoms in total. The van der Waals surface area contributed by atoms with Crippen molar-refractivity contribution in [3.8, 4) is 5.75 Å². The van der Waals surface area contributed by atoms with Crippen molar-refractivity contribution in [1.82, 2.24) is 0 Å². The lowest BCUT2D eigenvalue weighted by Gasteiger charge is -2.01. The summed E-state index contributed by atoms with van der Waals surface area (Å²) in [5.74, 6) is 1.09. The van der Waals surface area contributed by atoms with Gasteiger partial charge in [-0.2, -0.15) is 0 Å². The Hall–Kier alpha value is -0.250. The average Bonchev–Trinajstić information content (AvgIpc) is 2.51. The highest BCUT2D eigenvalue weighted by Crippen LogP contribution is 2.25. The quantitative estimate of drug-likeness (QED) is 0.595. The standard InChI is InChI=1S/C10H11IO/c11-5-3-8-1-2-10-9(7-8)4-6-12-10/h1-2,7H,3-6H2. The summed E-state index contributed by atoms with van der Waals surface area (Å²) < 4.78 is 6.62. The molecule has 64 valence electrons. The summed E-state index contributed by atoms with van der Waals surface area (Å²) in [5, 5.41) is 0. The first kappa shape index (κ1) is 8.35. The van der Waals surface area contributed by atoms with Gasteiger partial charge in [-0.3, -0.25) is 0 Å². The number of hydrogen-bond acceptors (Lipinski definition) is 1. The van der Waals surface area contributed by atoms with Gasteiger partial charge in [0, 0.05) is 10.8 Å². The topological polar surface area (TPSA) is 9.23 Å². The fourth-order valence-corrected chi connectivity index (χ4v) is 2.13. The molecule has 1 aliphatic heterocycles. The van der Waals surface area contributed by atoms with Crippen LogP contribution in [0.3, 0.4) is 0 Å². The SMILES string of the molecule is ICCc1ccc2c(c1)CCO2. The van der Waals surface area contributed by atoms with Gasteiger partial charge in [0.2, 0.25) is 0 Å². The van der Waals surface area contributed by atoms with Crippen molar-refractivity contribution in [2.24, 2.45) is 0 Å². The second kappa shape index (κ2) is 3.64. The number of hydrogen-bond donors (Lipinski definition) is 0. The first-order chi connectivity index (χ1) is 5.90. The normalized spacial score (nSPS) is 14.1. The lowest BCUT2D eigenvalue weighted by atomic mass is 10.1. The van der Waals surface area contributed by atoms with Crippen LogP contribution in [0.4, 0.5) is 0 Å². The monoisotopic (exact) mass is 274 g/mol. The van der Waals surface area contributed by atoms with Crippen LogP contribution in [-0.4, -0.2) is 11.0 Å². The lowest BCUT2D eigenvalue weighted by Crippen LogP contribution is -1.86. The lowest BCUT2D eigenvalue weighted by molar-refractivity contribution is 0.357. The van der Waals surface area contributed by atoms with E-state index in [1.807, 2.05) is 0 Å². The van der Waals surface area contributed by atoms with Crippen molar-refractivity contribution in [2.75, 3.05) is 11.0 Å². The minimum atomic E-state index is 0.864. The number of halogens is 1. The van der Waals surface area contributed by atoms with Crippen LogP contribution in [0.1, 0.15) is 11.1 Å². The molecule has 0 N–H and O–H groups in total. The van der Waals surface area contributed by atoms with Crippen LogP contribution in [0.5, 0.6) is 5.75 Å². The molecule has 1 aromatic carbocycles. The molecule has 0 atom stereocenters. The van der Waals surface area contributed by atoms with Crippen molar-refractivity contribution >= 4 is 22.6 Å². The maximum atomic E-state index is 5.43. The van der Waals surface area contributed by atoms with Crippen molar-refractivity contribution in [3.05, 3.63) is 29.3 Å². The zero-order chi connectivity index (χ0) is 8.39. The highest BCUT2D eigenvalue weighted by molar-refractivity contribution is 14.1. The van der Waals surface area contributed by atoms with Crippen LogP contribution in [0, 0.1) is 0 Å². The first-order valence-corrected chi connectivity index (χ1v) is 5.73. The number of fused-ring (bicyclic) bond motifs is 1. The molecule has 0 spiro atoms. The van der Waals surface area contributed by atoms with Crippen LogP contribution in [0.25, 0.3) is 0 Å². The van der Waals surface area contributed by atoms with Crippen LogP contribution < -0.4 is 4.74 Å². The van der Waals surface area contributed by atoms with Crippen LogP contribution in [-0.2, 0) is 12.8 Å². The van der Waals surface area contributed by atoms with E-state index in [1.165, 1.54) is 22.0 Å². The van der Waals surface area contributed by atoms with Gasteiger partial charge in [0.15, 0.2) is 0 Å². The molecule has 1 aliphatic rings. The predicted molar refractivity (Wildman–Crippen MR) is 58.2 cm³/mol. The molecule has 0 amide bonds. The first-order valence-electron chi connectivity index (χ1n) is 4.21. The van der Waals surface area contributed by atoms with E-state index >= 15 is 0 Å². The molecule has 2 rings (SSSR count). The predicted octanol–water partition coefficient (Wildman–Crippen LogP) is 2.60. The Morgan fingerprint density at radius 1 is 1.42 bits per heavy atom. The number of aryl methyl sites for hydroxylation is 1. The Morgan fingerprint density at radius 2 is 2.33 bits per heavy atom. The highest BCUT2D eigenvalue weighted by Gasteiger charge is 2.11. The Balaban J connectivity index is 2.26. The smallest absolute Gasteiger partial charge is 0.122 e. The molecule has 1 aromatic rings. The molecule has 0 aromatic heterocycles. The van der Waals surface area contributed by atoms with E-state index in [0.717, 1.165) is 18.8 Å². The van der Waals surface area contributed by atoms with Gasteiger partial charge in [0.25, 0.3) is 0 Å². The van der Waals surface area contributed by atoms with E-state index < -0.39 is 0 Å². The Kier molecular flexibility index (Phi) is 2.54. The largest absolute Gasteiger partial charge is 0.493 e. The minimum absolute atomic E-state index is 0.864. The summed E-state index contributed by atoms with van der Waals surface area (Å²) in [6.07, 6.45) is 2.26. The van der Waals surface area contributed by atoms with Crippen LogP contribution in [0.15, 0.2) is 18.2 Å². The van der Waals surface area contributed by atoms with Gasteiger partial charge in [-0.15, -0.1) is 0 Å². The Labute approximate surface area is 86.3 Å². The Bertz CT molecular complexity index is 283. The summed E-state index contributed by atoms with van der Waals surface area (Å²) in [6.45, 7) is 0.864. The molecule has 0 radical (unpaired) electrons. The van der Waals surface area contributed by atoms with Crippen LogP contribution in [0.2, 0.25) is 0 Å². The molecule has 2 heteroatoms. The second-order valence-electron chi connectivity index (χ2n) is 2.98. The van der Waals surface area contributed by atoms with E-state index in [2.05, 4.69) is 40.8 Å². The van der Waals surface area contributed by atoms with E-state index in [9.17, 15) is 0 Å². The van der Waals surface area contributed by atoms with Gasteiger partial charge in [-0.1, -0.05) is 34.7 Å². The number of ether oxygens (including phenoxy) is 1. The van der Waals surface area contributed by atoms with Crippen LogP contribution >= 0.6 is 22.6 Å². The molecule has 0 fully saturated rings. The van der Waals surface area contributed by atoms with Gasteiger partial charge in [-0.05, 0) is 23.6 Å². The third-order valence-corrected chi connectivity index (χ3v) is 2.68. The summed E-state index contributed by atoms with van der Waals surface area (Å²) in [7, 11) is 0. The van der Waals surface area contributed by atoms with Gasteiger partial charge in [0.05, 0.1) is 6.61 Å². The van der Waals surface area contributed by atoms with E-state index in [4.69, 9.17) is 4.74 Å². The van der Waals surface area contributed by atoms with Gasteiger partial charge in [0.1, 0.15) is 5.75 Å². The summed E-state index contributed by atoms with van der Waals surface area (Å²) in [4.78, 5) is 0. The van der Waals surface area contributed by atoms with E-state index in [-0.39, 0.29) is 0 Å². The molecule has 12 heavy (non-hydrogen) atoms. The van der Waals surface area contributed by atoms with E-state index in [0.29, 0.717) is 0 Å². The summed E-state index contributed by atoms with van der Waals surface area (Å²) >= 11 is 2.41. The maximum Gasteiger partial charge on any atom is 0.122 e. The minimum Gasteiger partial charge on any atom is -0.493 e. The number of alkyl halides is 1. The average molecular weight is 274 g/mol.